The van der Waals surface area contributed by atoms with Gasteiger partial charge in [0, 0.05) is 30.7 Å². The Kier molecular flexibility index (Phi) is 6.62. The minimum absolute atomic E-state index is 0.0528. The van der Waals surface area contributed by atoms with E-state index in [-0.39, 0.29) is 17.4 Å². The molecule has 24 heavy (non-hydrogen) atoms. The van der Waals surface area contributed by atoms with Gasteiger partial charge in [0.25, 0.3) is 0 Å². The van der Waals surface area contributed by atoms with Crippen LogP contribution in [0.4, 0.5) is 0 Å². The van der Waals surface area contributed by atoms with Crippen molar-refractivity contribution >= 4 is 27.6 Å². The van der Waals surface area contributed by atoms with E-state index in [1.165, 1.54) is 0 Å². The van der Waals surface area contributed by atoms with Gasteiger partial charge in [-0.15, -0.1) is 0 Å². The van der Waals surface area contributed by atoms with Crippen molar-refractivity contribution in [1.29, 1.82) is 0 Å². The van der Waals surface area contributed by atoms with Gasteiger partial charge in [-0.25, -0.2) is 17.9 Å². The van der Waals surface area contributed by atoms with Gasteiger partial charge in [0.1, 0.15) is 0 Å². The summed E-state index contributed by atoms with van der Waals surface area (Å²) >= 11 is 6.16. The molecule has 0 spiro atoms. The molecule has 0 radical (unpaired) electrons. The van der Waals surface area contributed by atoms with E-state index >= 15 is 0 Å². The Morgan fingerprint density at radius 3 is 2.62 bits per heavy atom. The summed E-state index contributed by atoms with van der Waals surface area (Å²) in [4.78, 5) is 13.4. The standard InChI is InChI=1S/C16H23ClN2O4S/c1-2-10-24(22,23)18-12-6-8-19(9-7-12)11-14-13(16(20)21)4-3-5-15(14)17/h3-5,12,18H,2,6-11H2,1H3,(H,20,21). The quantitative estimate of drug-likeness (QED) is 0.764. The zero-order chi connectivity index (χ0) is 17.7. The number of carboxylic acids is 1. The lowest BCUT2D eigenvalue weighted by Gasteiger charge is -2.32. The molecule has 8 heteroatoms. The van der Waals surface area contributed by atoms with Crippen LogP contribution in [0.15, 0.2) is 18.2 Å². The van der Waals surface area contributed by atoms with Crippen LogP contribution in [-0.2, 0) is 16.6 Å². The van der Waals surface area contributed by atoms with Crippen molar-refractivity contribution in [2.45, 2.75) is 38.8 Å². The highest BCUT2D eigenvalue weighted by Gasteiger charge is 2.24. The van der Waals surface area contributed by atoms with Gasteiger partial charge in [0.05, 0.1) is 11.3 Å². The molecule has 134 valence electrons. The van der Waals surface area contributed by atoms with E-state index < -0.39 is 16.0 Å². The lowest BCUT2D eigenvalue weighted by atomic mass is 10.0. The number of carboxylic acid groups (broad SMARTS) is 1. The molecule has 6 nitrogen and oxygen atoms in total. The highest BCUT2D eigenvalue weighted by Crippen LogP contribution is 2.24. The van der Waals surface area contributed by atoms with E-state index in [2.05, 4.69) is 9.62 Å². The third-order valence-corrected chi connectivity index (χ3v) is 6.13. The van der Waals surface area contributed by atoms with Gasteiger partial charge in [0.15, 0.2) is 0 Å². The molecule has 1 aliphatic heterocycles. The summed E-state index contributed by atoms with van der Waals surface area (Å²) in [5, 5.41) is 9.73. The summed E-state index contributed by atoms with van der Waals surface area (Å²) < 4.78 is 26.4. The smallest absolute Gasteiger partial charge is 0.336 e. The zero-order valence-electron chi connectivity index (χ0n) is 13.7. The first-order chi connectivity index (χ1) is 11.3. The van der Waals surface area contributed by atoms with Crippen LogP contribution in [0.1, 0.15) is 42.1 Å². The van der Waals surface area contributed by atoms with Gasteiger partial charge in [0.2, 0.25) is 10.0 Å². The second-order valence-corrected chi connectivity index (χ2v) is 8.34. The highest BCUT2D eigenvalue weighted by molar-refractivity contribution is 7.89. The molecule has 0 unspecified atom stereocenters. The van der Waals surface area contributed by atoms with E-state index in [0.29, 0.717) is 49.5 Å². The first-order valence-corrected chi connectivity index (χ1v) is 10.1. The number of hydrogen-bond acceptors (Lipinski definition) is 4. The summed E-state index contributed by atoms with van der Waals surface area (Å²) in [6, 6.07) is 4.82. The second-order valence-electron chi connectivity index (χ2n) is 6.06. The molecule has 0 saturated carbocycles. The first kappa shape index (κ1) is 19.2. The number of sulfonamides is 1. The van der Waals surface area contributed by atoms with Crippen LogP contribution in [-0.4, -0.2) is 49.3 Å². The molecular weight excluding hydrogens is 352 g/mol. The summed E-state index contributed by atoms with van der Waals surface area (Å²) in [6.07, 6.45) is 2.00. The van der Waals surface area contributed by atoms with E-state index in [0.717, 1.165) is 0 Å². The SMILES string of the molecule is CCCS(=O)(=O)NC1CCN(Cc2c(Cl)cccc2C(=O)O)CC1. The number of benzene rings is 1. The van der Waals surface area contributed by atoms with E-state index in [9.17, 15) is 18.3 Å². The fourth-order valence-electron chi connectivity index (χ4n) is 2.93. The molecule has 1 fully saturated rings. The summed E-state index contributed by atoms with van der Waals surface area (Å²) in [7, 11) is -3.20. The number of carbonyl (C=O) groups is 1. The van der Waals surface area contributed by atoms with Crippen LogP contribution >= 0.6 is 11.6 Å². The lowest BCUT2D eigenvalue weighted by Crippen LogP contribution is -2.45. The Bertz CT molecular complexity index is 685. The third-order valence-electron chi connectivity index (χ3n) is 4.14. The van der Waals surface area contributed by atoms with Crippen molar-refractivity contribution in [3.8, 4) is 0 Å². The van der Waals surface area contributed by atoms with Crippen molar-refractivity contribution in [3.05, 3.63) is 34.3 Å². The predicted molar refractivity (Wildman–Crippen MR) is 93.9 cm³/mol. The molecule has 1 aromatic carbocycles. The summed E-state index contributed by atoms with van der Waals surface area (Å²) in [5.41, 5.74) is 0.824. The Hall–Kier alpha value is -1.15. The normalized spacial score (nSPS) is 17.1. The molecule has 1 aromatic rings. The van der Waals surface area contributed by atoms with Gasteiger partial charge in [-0.05, 0) is 37.0 Å². The zero-order valence-corrected chi connectivity index (χ0v) is 15.2. The van der Waals surface area contributed by atoms with Crippen molar-refractivity contribution in [1.82, 2.24) is 9.62 Å². The number of nitrogens with zero attached hydrogens (tertiary/aromatic N) is 1. The Morgan fingerprint density at radius 1 is 1.38 bits per heavy atom. The third kappa shape index (κ3) is 5.17. The monoisotopic (exact) mass is 374 g/mol. The van der Waals surface area contributed by atoms with Gasteiger partial charge in [-0.1, -0.05) is 24.6 Å². The number of hydrogen-bond donors (Lipinski definition) is 2. The maximum Gasteiger partial charge on any atom is 0.336 e. The molecule has 2 rings (SSSR count). The topological polar surface area (TPSA) is 86.7 Å². The molecule has 0 amide bonds. The van der Waals surface area contributed by atoms with Crippen molar-refractivity contribution in [3.63, 3.8) is 0 Å². The molecule has 0 bridgehead atoms. The average molecular weight is 375 g/mol. The van der Waals surface area contributed by atoms with Gasteiger partial charge < -0.3 is 5.11 Å². The molecule has 0 atom stereocenters. The fourth-order valence-corrected chi connectivity index (χ4v) is 4.57. The van der Waals surface area contributed by atoms with Crippen LogP contribution in [0, 0.1) is 0 Å². The highest BCUT2D eigenvalue weighted by atomic mass is 35.5. The molecule has 1 heterocycles. The maximum atomic E-state index is 11.8. The Morgan fingerprint density at radius 2 is 2.04 bits per heavy atom. The fraction of sp³-hybridized carbons (Fsp3) is 0.562. The molecule has 1 saturated heterocycles. The van der Waals surface area contributed by atoms with E-state index in [1.807, 2.05) is 6.92 Å². The van der Waals surface area contributed by atoms with Crippen molar-refractivity contribution in [2.75, 3.05) is 18.8 Å². The molecule has 0 aromatic heterocycles. The van der Waals surface area contributed by atoms with Gasteiger partial charge in [-0.2, -0.15) is 0 Å². The predicted octanol–water partition coefficient (Wildman–Crippen LogP) is 2.33. The summed E-state index contributed by atoms with van der Waals surface area (Å²) in [5.74, 6) is -0.843. The molecular formula is C16H23ClN2O4S. The van der Waals surface area contributed by atoms with Crippen molar-refractivity contribution in [2.24, 2.45) is 0 Å². The van der Waals surface area contributed by atoms with Crippen LogP contribution in [0.5, 0.6) is 0 Å². The number of piperidine rings is 1. The molecule has 1 aliphatic rings. The van der Waals surface area contributed by atoms with Crippen LogP contribution in [0.3, 0.4) is 0 Å². The minimum Gasteiger partial charge on any atom is -0.478 e. The van der Waals surface area contributed by atoms with Crippen molar-refractivity contribution < 1.29 is 18.3 Å². The number of likely N-dealkylation sites (tertiary alicyclic amines) is 1. The van der Waals surface area contributed by atoms with E-state index in [4.69, 9.17) is 11.6 Å². The number of halogens is 1. The molecule has 0 aliphatic carbocycles. The largest absolute Gasteiger partial charge is 0.478 e. The van der Waals surface area contributed by atoms with Gasteiger partial charge in [-0.3, -0.25) is 4.90 Å². The second kappa shape index (κ2) is 8.29. The number of aromatic carboxylic acids is 1. The van der Waals surface area contributed by atoms with Crippen LogP contribution < -0.4 is 4.72 Å². The van der Waals surface area contributed by atoms with Crippen LogP contribution in [0.2, 0.25) is 5.02 Å². The minimum atomic E-state index is -3.20. The lowest BCUT2D eigenvalue weighted by molar-refractivity contribution is 0.0694. The first-order valence-electron chi connectivity index (χ1n) is 8.05. The maximum absolute atomic E-state index is 11.8. The average Bonchev–Trinajstić information content (AvgIpc) is 2.50. The Labute approximate surface area is 147 Å². The van der Waals surface area contributed by atoms with Gasteiger partial charge >= 0.3 is 5.97 Å². The number of nitrogens with one attached hydrogen (secondary N) is 1. The van der Waals surface area contributed by atoms with Crippen LogP contribution in [0.25, 0.3) is 0 Å². The summed E-state index contributed by atoms with van der Waals surface area (Å²) in [6.45, 7) is 3.69. The number of rotatable bonds is 7. The Balaban J connectivity index is 1.96. The molecule has 2 N–H and O–H groups in total. The van der Waals surface area contributed by atoms with E-state index in [1.54, 1.807) is 18.2 Å².